The summed E-state index contributed by atoms with van der Waals surface area (Å²) in [5.41, 5.74) is 1.94. The normalized spacial score (nSPS) is 10.9. The average molecular weight is 462 g/mol. The SMILES string of the molecule is CC(=O)Nc1cccc(-c2nnc(SCc3nnc(-c4ccc(Cl)cc4Cl)o3)o2)c1. The molecule has 0 unspecified atom stereocenters. The number of hydrogen-bond acceptors (Lipinski definition) is 8. The van der Waals surface area contributed by atoms with Crippen molar-refractivity contribution in [1.82, 2.24) is 20.4 Å². The zero-order valence-corrected chi connectivity index (χ0v) is 17.8. The van der Waals surface area contributed by atoms with E-state index in [4.69, 9.17) is 32.0 Å². The lowest BCUT2D eigenvalue weighted by Gasteiger charge is -2.02. The lowest BCUT2D eigenvalue weighted by atomic mass is 10.2. The van der Waals surface area contributed by atoms with Gasteiger partial charge in [-0.1, -0.05) is 41.0 Å². The number of halogens is 2. The van der Waals surface area contributed by atoms with Crippen molar-refractivity contribution in [1.29, 1.82) is 0 Å². The standard InChI is InChI=1S/C19H13Cl2N5O3S/c1-10(27)22-13-4-2-3-11(7-13)17-24-26-19(29-17)30-9-16-23-25-18(28-16)14-6-5-12(20)8-15(14)21/h2-8H,9H2,1H3,(H,22,27). The van der Waals surface area contributed by atoms with E-state index in [2.05, 4.69) is 25.7 Å². The fourth-order valence-electron chi connectivity index (χ4n) is 2.53. The Morgan fingerprint density at radius 2 is 1.87 bits per heavy atom. The molecule has 0 saturated heterocycles. The van der Waals surface area contributed by atoms with Crippen molar-refractivity contribution in [2.45, 2.75) is 17.9 Å². The van der Waals surface area contributed by atoms with Gasteiger partial charge >= 0.3 is 0 Å². The Balaban J connectivity index is 1.43. The number of amides is 1. The molecule has 0 saturated carbocycles. The number of carbonyl (C=O) groups excluding carboxylic acids is 1. The minimum Gasteiger partial charge on any atom is -0.420 e. The topological polar surface area (TPSA) is 107 Å². The van der Waals surface area contributed by atoms with Gasteiger partial charge in [-0.2, -0.15) is 0 Å². The van der Waals surface area contributed by atoms with Gasteiger partial charge in [0.15, 0.2) is 0 Å². The Bertz CT molecular complexity index is 1210. The van der Waals surface area contributed by atoms with Crippen molar-refractivity contribution < 1.29 is 13.6 Å². The van der Waals surface area contributed by atoms with Crippen LogP contribution in [0.25, 0.3) is 22.9 Å². The molecular weight excluding hydrogens is 449 g/mol. The van der Waals surface area contributed by atoms with Gasteiger partial charge in [-0.15, -0.1) is 20.4 Å². The van der Waals surface area contributed by atoms with Crippen molar-refractivity contribution in [2.75, 3.05) is 5.32 Å². The van der Waals surface area contributed by atoms with Gasteiger partial charge in [0.25, 0.3) is 5.22 Å². The number of anilines is 1. The van der Waals surface area contributed by atoms with Crippen LogP contribution in [-0.4, -0.2) is 26.3 Å². The van der Waals surface area contributed by atoms with Crippen LogP contribution in [0.4, 0.5) is 5.69 Å². The molecule has 2 aromatic heterocycles. The Hall–Kier alpha value is -2.88. The van der Waals surface area contributed by atoms with Crippen molar-refractivity contribution in [3.63, 3.8) is 0 Å². The van der Waals surface area contributed by atoms with Gasteiger partial charge in [0.05, 0.1) is 16.3 Å². The number of carbonyl (C=O) groups is 1. The van der Waals surface area contributed by atoms with Crippen molar-refractivity contribution in [3.05, 3.63) is 58.4 Å². The molecule has 0 fully saturated rings. The highest BCUT2D eigenvalue weighted by atomic mass is 35.5. The van der Waals surface area contributed by atoms with Gasteiger partial charge in [0, 0.05) is 23.2 Å². The highest BCUT2D eigenvalue weighted by molar-refractivity contribution is 7.98. The number of hydrogen-bond donors (Lipinski definition) is 1. The molecule has 0 aliphatic rings. The molecule has 0 aliphatic carbocycles. The minimum absolute atomic E-state index is 0.160. The summed E-state index contributed by atoms with van der Waals surface area (Å²) >= 11 is 13.3. The Morgan fingerprint density at radius 3 is 2.67 bits per heavy atom. The van der Waals surface area contributed by atoms with Gasteiger partial charge < -0.3 is 14.2 Å². The quantitative estimate of drug-likeness (QED) is 0.383. The lowest BCUT2D eigenvalue weighted by Crippen LogP contribution is -2.05. The summed E-state index contributed by atoms with van der Waals surface area (Å²) in [7, 11) is 0. The van der Waals surface area contributed by atoms with Crippen LogP contribution in [0.15, 0.2) is 56.5 Å². The second kappa shape index (κ2) is 8.86. The maximum absolute atomic E-state index is 11.2. The summed E-state index contributed by atoms with van der Waals surface area (Å²) < 4.78 is 11.3. The number of nitrogens with zero attached hydrogens (tertiary/aromatic N) is 4. The number of aromatic nitrogens is 4. The van der Waals surface area contributed by atoms with Crippen LogP contribution < -0.4 is 5.32 Å². The first-order chi connectivity index (χ1) is 14.5. The van der Waals surface area contributed by atoms with E-state index in [1.807, 2.05) is 6.07 Å². The molecule has 30 heavy (non-hydrogen) atoms. The van der Waals surface area contributed by atoms with Gasteiger partial charge in [0.1, 0.15) is 0 Å². The van der Waals surface area contributed by atoms with E-state index in [0.29, 0.717) is 55.5 Å². The van der Waals surface area contributed by atoms with Crippen LogP contribution in [0, 0.1) is 0 Å². The molecule has 2 aromatic carbocycles. The molecule has 152 valence electrons. The van der Waals surface area contributed by atoms with Crippen LogP contribution >= 0.6 is 35.0 Å². The van der Waals surface area contributed by atoms with Crippen molar-refractivity contribution in [2.24, 2.45) is 0 Å². The molecule has 11 heteroatoms. The first-order valence-corrected chi connectivity index (χ1v) is 10.3. The van der Waals surface area contributed by atoms with E-state index in [1.54, 1.807) is 36.4 Å². The summed E-state index contributed by atoms with van der Waals surface area (Å²) in [5.74, 6) is 1.20. The van der Waals surface area contributed by atoms with Crippen LogP contribution in [-0.2, 0) is 10.5 Å². The van der Waals surface area contributed by atoms with E-state index >= 15 is 0 Å². The molecule has 0 aliphatic heterocycles. The first-order valence-electron chi connectivity index (χ1n) is 8.60. The van der Waals surface area contributed by atoms with Crippen LogP contribution in [0.5, 0.6) is 0 Å². The molecule has 2 heterocycles. The second-order valence-electron chi connectivity index (χ2n) is 6.05. The summed E-state index contributed by atoms with van der Waals surface area (Å²) in [5, 5.41) is 20.1. The summed E-state index contributed by atoms with van der Waals surface area (Å²) in [6.07, 6.45) is 0. The molecular formula is C19H13Cl2N5O3S. The largest absolute Gasteiger partial charge is 0.420 e. The summed E-state index contributed by atoms with van der Waals surface area (Å²) in [4.78, 5) is 11.2. The zero-order valence-electron chi connectivity index (χ0n) is 15.4. The summed E-state index contributed by atoms with van der Waals surface area (Å²) in [6, 6.07) is 12.2. The number of thioether (sulfide) groups is 1. The van der Waals surface area contributed by atoms with Gasteiger partial charge in [0.2, 0.25) is 23.6 Å². The number of benzene rings is 2. The van der Waals surface area contributed by atoms with E-state index in [9.17, 15) is 4.79 Å². The third-order valence-electron chi connectivity index (χ3n) is 3.78. The zero-order chi connectivity index (χ0) is 21.1. The third-order valence-corrected chi connectivity index (χ3v) is 5.13. The molecule has 8 nitrogen and oxygen atoms in total. The molecule has 0 bridgehead atoms. The van der Waals surface area contributed by atoms with Gasteiger partial charge in [-0.05, 0) is 36.4 Å². The lowest BCUT2D eigenvalue weighted by molar-refractivity contribution is -0.114. The Morgan fingerprint density at radius 1 is 1.03 bits per heavy atom. The van der Waals surface area contributed by atoms with Gasteiger partial charge in [-0.3, -0.25) is 4.79 Å². The smallest absolute Gasteiger partial charge is 0.277 e. The van der Waals surface area contributed by atoms with Crippen molar-refractivity contribution in [3.8, 4) is 22.9 Å². The Kier molecular flexibility index (Phi) is 6.03. The van der Waals surface area contributed by atoms with Crippen molar-refractivity contribution >= 4 is 46.6 Å². The maximum Gasteiger partial charge on any atom is 0.277 e. The van der Waals surface area contributed by atoms with Crippen LogP contribution in [0.2, 0.25) is 10.0 Å². The number of rotatable bonds is 6. The molecule has 4 rings (SSSR count). The van der Waals surface area contributed by atoms with Gasteiger partial charge in [-0.25, -0.2) is 0 Å². The number of nitrogens with one attached hydrogen (secondary N) is 1. The third kappa shape index (κ3) is 4.81. The minimum atomic E-state index is -0.160. The molecule has 4 aromatic rings. The van der Waals surface area contributed by atoms with E-state index < -0.39 is 0 Å². The first kappa shape index (κ1) is 20.4. The molecule has 1 amide bonds. The molecule has 0 atom stereocenters. The van der Waals surface area contributed by atoms with E-state index in [1.165, 1.54) is 18.7 Å². The van der Waals surface area contributed by atoms with Crippen LogP contribution in [0.3, 0.4) is 0 Å². The molecule has 0 spiro atoms. The predicted octanol–water partition coefficient (Wildman–Crippen LogP) is 5.34. The van der Waals surface area contributed by atoms with E-state index in [-0.39, 0.29) is 5.91 Å². The average Bonchev–Trinajstić information content (AvgIpc) is 3.36. The highest BCUT2D eigenvalue weighted by Crippen LogP contribution is 2.31. The van der Waals surface area contributed by atoms with Crippen LogP contribution in [0.1, 0.15) is 12.8 Å². The van der Waals surface area contributed by atoms with E-state index in [0.717, 1.165) is 0 Å². The summed E-state index contributed by atoms with van der Waals surface area (Å²) in [6.45, 7) is 1.44. The fraction of sp³-hybridized carbons (Fsp3) is 0.105. The monoisotopic (exact) mass is 461 g/mol. The molecule has 0 radical (unpaired) electrons. The highest BCUT2D eigenvalue weighted by Gasteiger charge is 2.15. The molecule has 1 N–H and O–H groups in total. The predicted molar refractivity (Wildman–Crippen MR) is 113 cm³/mol. The second-order valence-corrected chi connectivity index (χ2v) is 7.82. The Labute approximate surface area is 185 Å². The maximum atomic E-state index is 11.2. The fourth-order valence-corrected chi connectivity index (χ4v) is 3.61.